The Morgan fingerprint density at radius 1 is 1.20 bits per heavy atom. The Bertz CT molecular complexity index is 898. The van der Waals surface area contributed by atoms with Crippen LogP contribution in [0.4, 0.5) is 5.69 Å². The van der Waals surface area contributed by atoms with E-state index in [9.17, 15) is 13.2 Å². The van der Waals surface area contributed by atoms with E-state index in [1.807, 2.05) is 0 Å². The molecule has 0 aliphatic heterocycles. The van der Waals surface area contributed by atoms with Crippen LogP contribution in [0, 0.1) is 13.8 Å². The largest absolute Gasteiger partial charge is 0.495 e. The predicted octanol–water partition coefficient (Wildman–Crippen LogP) is 2.88. The molecule has 134 valence electrons. The summed E-state index contributed by atoms with van der Waals surface area (Å²) in [7, 11) is -2.51. The molecule has 0 aromatic heterocycles. The second kappa shape index (κ2) is 7.86. The summed E-state index contributed by atoms with van der Waals surface area (Å²) < 4.78 is 32.3. The fourth-order valence-corrected chi connectivity index (χ4v) is 3.58. The highest BCUT2D eigenvalue weighted by atomic mass is 35.5. The third-order valence-corrected chi connectivity index (χ3v) is 5.41. The number of nitrogens with one attached hydrogen (secondary N) is 2. The summed E-state index contributed by atoms with van der Waals surface area (Å²) >= 11 is 6.00. The van der Waals surface area contributed by atoms with Gasteiger partial charge in [0.05, 0.1) is 13.7 Å². The van der Waals surface area contributed by atoms with Gasteiger partial charge < -0.3 is 10.1 Å². The first-order valence-electron chi connectivity index (χ1n) is 7.44. The molecular weight excluding hydrogens is 364 g/mol. The van der Waals surface area contributed by atoms with Crippen LogP contribution in [0.3, 0.4) is 0 Å². The number of benzene rings is 2. The van der Waals surface area contributed by atoms with Gasteiger partial charge in [-0.05, 0) is 49.2 Å². The van der Waals surface area contributed by atoms with Gasteiger partial charge in [-0.25, -0.2) is 13.1 Å². The van der Waals surface area contributed by atoms with Crippen LogP contribution in [0.2, 0.25) is 5.02 Å². The molecular formula is C17H19ClN2O4S. The van der Waals surface area contributed by atoms with Gasteiger partial charge in [0.2, 0.25) is 15.9 Å². The van der Waals surface area contributed by atoms with Crippen LogP contribution in [-0.4, -0.2) is 28.0 Å². The molecule has 2 rings (SSSR count). The van der Waals surface area contributed by atoms with Gasteiger partial charge in [0, 0.05) is 10.7 Å². The number of hydrogen-bond donors (Lipinski definition) is 2. The molecule has 0 spiro atoms. The molecule has 8 heteroatoms. The minimum atomic E-state index is -3.89. The number of carbonyl (C=O) groups excluding carboxylic acids is 1. The highest BCUT2D eigenvalue weighted by Crippen LogP contribution is 2.25. The Morgan fingerprint density at radius 3 is 2.60 bits per heavy atom. The van der Waals surface area contributed by atoms with Crippen LogP contribution >= 0.6 is 11.6 Å². The molecule has 0 saturated heterocycles. The summed E-state index contributed by atoms with van der Waals surface area (Å²) in [5, 5.41) is 3.15. The fraction of sp³-hybridized carbons (Fsp3) is 0.235. The molecule has 0 unspecified atom stereocenters. The zero-order valence-electron chi connectivity index (χ0n) is 14.1. The highest BCUT2D eigenvalue weighted by molar-refractivity contribution is 7.89. The number of anilines is 1. The second-order valence-electron chi connectivity index (χ2n) is 5.44. The number of hydrogen-bond acceptors (Lipinski definition) is 4. The maximum atomic E-state index is 12.4. The van der Waals surface area contributed by atoms with Gasteiger partial charge in [0.1, 0.15) is 10.6 Å². The summed E-state index contributed by atoms with van der Waals surface area (Å²) in [6.07, 6.45) is 0. The average Bonchev–Trinajstić information content (AvgIpc) is 2.57. The molecule has 1 amide bonds. The lowest BCUT2D eigenvalue weighted by Gasteiger charge is -2.12. The van der Waals surface area contributed by atoms with Crippen molar-refractivity contribution in [3.8, 4) is 5.75 Å². The maximum absolute atomic E-state index is 12.4. The van der Waals surface area contributed by atoms with Gasteiger partial charge in [-0.15, -0.1) is 0 Å². The molecule has 25 heavy (non-hydrogen) atoms. The molecule has 0 atom stereocenters. The van der Waals surface area contributed by atoms with Gasteiger partial charge in [-0.1, -0.05) is 23.7 Å². The Hall–Kier alpha value is -2.09. The van der Waals surface area contributed by atoms with Crippen LogP contribution in [0.5, 0.6) is 5.75 Å². The second-order valence-corrected chi connectivity index (χ2v) is 7.58. The topological polar surface area (TPSA) is 84.5 Å². The molecule has 0 aliphatic carbocycles. The Balaban J connectivity index is 2.11. The van der Waals surface area contributed by atoms with Crippen molar-refractivity contribution in [3.05, 3.63) is 52.5 Å². The summed E-state index contributed by atoms with van der Waals surface area (Å²) in [6, 6.07) is 9.90. The van der Waals surface area contributed by atoms with Gasteiger partial charge >= 0.3 is 0 Å². The first kappa shape index (κ1) is 19.2. The Labute approximate surface area is 152 Å². The Morgan fingerprint density at radius 2 is 1.92 bits per heavy atom. The number of amides is 1. The number of halogens is 1. The van der Waals surface area contributed by atoms with Crippen molar-refractivity contribution in [2.24, 2.45) is 0 Å². The molecule has 2 N–H and O–H groups in total. The zero-order valence-corrected chi connectivity index (χ0v) is 15.7. The standard InChI is InChI=1S/C17H19ClN2O4S/c1-11-7-8-15(24-3)16(9-11)25(22,23)19-10-17(21)20-14-6-4-5-13(18)12(14)2/h4-9,19H,10H2,1-3H3,(H,20,21). The molecule has 6 nitrogen and oxygen atoms in total. The lowest BCUT2D eigenvalue weighted by Crippen LogP contribution is -2.33. The van der Waals surface area contributed by atoms with E-state index >= 15 is 0 Å². The summed E-state index contributed by atoms with van der Waals surface area (Å²) in [5.74, 6) is -0.287. The van der Waals surface area contributed by atoms with Crippen molar-refractivity contribution in [1.29, 1.82) is 0 Å². The normalized spacial score (nSPS) is 11.2. The van der Waals surface area contributed by atoms with Crippen molar-refractivity contribution in [3.63, 3.8) is 0 Å². The van der Waals surface area contributed by atoms with Crippen LogP contribution < -0.4 is 14.8 Å². The third kappa shape index (κ3) is 4.72. The van der Waals surface area contributed by atoms with Gasteiger partial charge in [0.25, 0.3) is 0 Å². The van der Waals surface area contributed by atoms with Crippen molar-refractivity contribution >= 4 is 33.2 Å². The van der Waals surface area contributed by atoms with Gasteiger partial charge in [-0.3, -0.25) is 4.79 Å². The van der Waals surface area contributed by atoms with Crippen LogP contribution in [-0.2, 0) is 14.8 Å². The molecule has 0 bridgehead atoms. The maximum Gasteiger partial charge on any atom is 0.244 e. The van der Waals surface area contributed by atoms with E-state index < -0.39 is 22.5 Å². The van der Waals surface area contributed by atoms with E-state index in [1.165, 1.54) is 13.2 Å². The van der Waals surface area contributed by atoms with Crippen LogP contribution in [0.15, 0.2) is 41.3 Å². The summed E-state index contributed by atoms with van der Waals surface area (Å²) in [5.41, 5.74) is 2.01. The van der Waals surface area contributed by atoms with Crippen molar-refractivity contribution in [1.82, 2.24) is 4.72 Å². The summed E-state index contributed by atoms with van der Waals surface area (Å²) in [6.45, 7) is 3.12. The quantitative estimate of drug-likeness (QED) is 0.804. The molecule has 0 fully saturated rings. The minimum Gasteiger partial charge on any atom is -0.495 e. The predicted molar refractivity (Wildman–Crippen MR) is 97.7 cm³/mol. The number of methoxy groups -OCH3 is 1. The Kier molecular flexibility index (Phi) is 6.05. The van der Waals surface area contributed by atoms with E-state index in [1.54, 1.807) is 44.2 Å². The molecule has 0 aliphatic rings. The lowest BCUT2D eigenvalue weighted by atomic mass is 10.2. The highest BCUT2D eigenvalue weighted by Gasteiger charge is 2.20. The molecule has 0 saturated carbocycles. The van der Waals surface area contributed by atoms with E-state index in [0.717, 1.165) is 5.56 Å². The third-order valence-electron chi connectivity index (χ3n) is 3.57. The summed E-state index contributed by atoms with van der Waals surface area (Å²) in [4.78, 5) is 12.1. The number of aryl methyl sites for hydroxylation is 1. The SMILES string of the molecule is COc1ccc(C)cc1S(=O)(=O)NCC(=O)Nc1cccc(Cl)c1C. The van der Waals surface area contributed by atoms with Crippen LogP contribution in [0.1, 0.15) is 11.1 Å². The van der Waals surface area contributed by atoms with E-state index in [2.05, 4.69) is 10.0 Å². The number of carbonyl (C=O) groups is 1. The molecule has 2 aromatic rings. The van der Waals surface area contributed by atoms with Gasteiger partial charge in [-0.2, -0.15) is 0 Å². The molecule has 0 heterocycles. The fourth-order valence-electron chi connectivity index (χ4n) is 2.17. The van der Waals surface area contributed by atoms with E-state index in [0.29, 0.717) is 16.3 Å². The van der Waals surface area contributed by atoms with Crippen molar-refractivity contribution in [2.75, 3.05) is 19.0 Å². The lowest BCUT2D eigenvalue weighted by molar-refractivity contribution is -0.115. The van der Waals surface area contributed by atoms with E-state index in [4.69, 9.17) is 16.3 Å². The van der Waals surface area contributed by atoms with E-state index in [-0.39, 0.29) is 10.6 Å². The zero-order chi connectivity index (χ0) is 18.6. The first-order chi connectivity index (χ1) is 11.7. The number of rotatable bonds is 6. The molecule has 2 aromatic carbocycles. The van der Waals surface area contributed by atoms with Gasteiger partial charge in [0.15, 0.2) is 0 Å². The number of ether oxygens (including phenoxy) is 1. The average molecular weight is 383 g/mol. The van der Waals surface area contributed by atoms with Crippen molar-refractivity contribution < 1.29 is 17.9 Å². The molecule has 0 radical (unpaired) electrons. The van der Waals surface area contributed by atoms with Crippen molar-refractivity contribution in [2.45, 2.75) is 18.7 Å². The first-order valence-corrected chi connectivity index (χ1v) is 9.30. The number of sulfonamides is 1. The smallest absolute Gasteiger partial charge is 0.244 e. The van der Waals surface area contributed by atoms with Crippen LogP contribution in [0.25, 0.3) is 0 Å². The minimum absolute atomic E-state index is 0.0123. The monoisotopic (exact) mass is 382 g/mol.